The van der Waals surface area contributed by atoms with E-state index >= 15 is 0 Å². The van der Waals surface area contributed by atoms with Crippen molar-refractivity contribution >= 4 is 29.0 Å². The van der Waals surface area contributed by atoms with Crippen LogP contribution in [0.25, 0.3) is 0 Å². The van der Waals surface area contributed by atoms with Crippen LogP contribution in [0.4, 0.5) is 11.5 Å². The Hall–Kier alpha value is -2.51. The lowest BCUT2D eigenvalue weighted by atomic mass is 10.2. The van der Waals surface area contributed by atoms with E-state index in [-0.39, 0.29) is 5.91 Å². The van der Waals surface area contributed by atoms with Crippen LogP contribution in [0.15, 0.2) is 30.5 Å². The van der Waals surface area contributed by atoms with Crippen LogP contribution in [0.2, 0.25) is 5.02 Å². The van der Waals surface area contributed by atoms with Gasteiger partial charge in [-0.3, -0.25) is 4.79 Å². The first kappa shape index (κ1) is 19.3. The lowest BCUT2D eigenvalue weighted by Gasteiger charge is -2.28. The maximum Gasteiger partial charge on any atom is 0.257 e. The minimum Gasteiger partial charge on any atom is -0.493 e. The van der Waals surface area contributed by atoms with E-state index in [0.717, 1.165) is 18.8 Å². The van der Waals surface area contributed by atoms with Crippen molar-refractivity contribution in [2.24, 2.45) is 0 Å². The van der Waals surface area contributed by atoms with E-state index in [1.807, 2.05) is 13.0 Å². The largest absolute Gasteiger partial charge is 0.493 e. The summed E-state index contributed by atoms with van der Waals surface area (Å²) in [5.41, 5.74) is 1.36. The van der Waals surface area contributed by atoms with Gasteiger partial charge < -0.3 is 24.4 Å². The maximum atomic E-state index is 12.6. The summed E-state index contributed by atoms with van der Waals surface area (Å²) < 4.78 is 16.1. The van der Waals surface area contributed by atoms with Crippen molar-refractivity contribution in [2.45, 2.75) is 6.92 Å². The predicted molar refractivity (Wildman–Crippen MR) is 104 cm³/mol. The van der Waals surface area contributed by atoms with Gasteiger partial charge in [0.15, 0.2) is 11.5 Å². The highest BCUT2D eigenvalue weighted by Crippen LogP contribution is 2.36. The van der Waals surface area contributed by atoms with Crippen molar-refractivity contribution in [1.82, 2.24) is 4.98 Å². The molecule has 1 aromatic heterocycles. The Morgan fingerprint density at radius 1 is 1.33 bits per heavy atom. The van der Waals surface area contributed by atoms with E-state index in [9.17, 15) is 4.79 Å². The third-order valence-electron chi connectivity index (χ3n) is 4.15. The number of anilines is 2. The highest BCUT2D eigenvalue weighted by atomic mass is 35.5. The minimum absolute atomic E-state index is 0.317. The van der Waals surface area contributed by atoms with Gasteiger partial charge in [-0.2, -0.15) is 0 Å². The van der Waals surface area contributed by atoms with E-state index in [2.05, 4.69) is 15.2 Å². The molecule has 1 aromatic carbocycles. The van der Waals surface area contributed by atoms with Gasteiger partial charge in [0.05, 0.1) is 43.8 Å². The summed E-state index contributed by atoms with van der Waals surface area (Å²) in [4.78, 5) is 19.1. The molecule has 2 heterocycles. The molecule has 144 valence electrons. The SMILES string of the molecule is CCOc1c(Cl)cc(C(=O)Nc2ccc(N3CCOCC3)cn2)cc1OC. The molecule has 1 aliphatic heterocycles. The van der Waals surface area contributed by atoms with Crippen LogP contribution in [0.3, 0.4) is 0 Å². The third kappa shape index (κ3) is 4.61. The van der Waals surface area contributed by atoms with Gasteiger partial charge in [0, 0.05) is 18.7 Å². The van der Waals surface area contributed by atoms with Crippen LogP contribution in [0, 0.1) is 0 Å². The summed E-state index contributed by atoms with van der Waals surface area (Å²) in [7, 11) is 1.50. The van der Waals surface area contributed by atoms with Crippen molar-refractivity contribution in [3.05, 3.63) is 41.0 Å². The van der Waals surface area contributed by atoms with E-state index < -0.39 is 0 Å². The van der Waals surface area contributed by atoms with Gasteiger partial charge in [-0.25, -0.2) is 4.98 Å². The number of hydrogen-bond acceptors (Lipinski definition) is 6. The zero-order valence-corrected chi connectivity index (χ0v) is 16.1. The molecule has 0 atom stereocenters. The molecule has 2 aromatic rings. The van der Waals surface area contributed by atoms with Crippen LogP contribution < -0.4 is 19.7 Å². The molecule has 7 nitrogen and oxygen atoms in total. The van der Waals surface area contributed by atoms with Crippen molar-refractivity contribution in [1.29, 1.82) is 0 Å². The molecular weight excluding hydrogens is 370 g/mol. The smallest absolute Gasteiger partial charge is 0.257 e. The molecule has 1 amide bonds. The van der Waals surface area contributed by atoms with Crippen LogP contribution >= 0.6 is 11.6 Å². The Bertz CT molecular complexity index is 792. The zero-order chi connectivity index (χ0) is 19.2. The highest BCUT2D eigenvalue weighted by molar-refractivity contribution is 6.32. The van der Waals surface area contributed by atoms with Crippen LogP contribution in [0.1, 0.15) is 17.3 Å². The Balaban J connectivity index is 1.72. The first-order chi connectivity index (χ1) is 13.1. The topological polar surface area (TPSA) is 72.9 Å². The number of benzene rings is 1. The van der Waals surface area contributed by atoms with E-state index in [1.54, 1.807) is 24.4 Å². The number of halogens is 1. The summed E-state index contributed by atoms with van der Waals surface area (Å²) in [6.45, 7) is 5.37. The molecule has 1 saturated heterocycles. The Kier molecular flexibility index (Phi) is 6.36. The molecule has 8 heteroatoms. The van der Waals surface area contributed by atoms with Crippen molar-refractivity contribution < 1.29 is 19.0 Å². The number of amides is 1. The van der Waals surface area contributed by atoms with Gasteiger partial charge in [0.1, 0.15) is 5.82 Å². The Labute approximate surface area is 163 Å². The summed E-state index contributed by atoms with van der Waals surface area (Å²) in [5.74, 6) is 0.960. The number of pyridine rings is 1. The number of aromatic nitrogens is 1. The van der Waals surface area contributed by atoms with Gasteiger partial charge in [0.2, 0.25) is 0 Å². The lowest BCUT2D eigenvalue weighted by Crippen LogP contribution is -2.36. The first-order valence-corrected chi connectivity index (χ1v) is 9.10. The summed E-state index contributed by atoms with van der Waals surface area (Å²) in [6.07, 6.45) is 1.74. The van der Waals surface area contributed by atoms with Crippen molar-refractivity contribution in [2.75, 3.05) is 50.2 Å². The van der Waals surface area contributed by atoms with Crippen LogP contribution in [0.5, 0.6) is 11.5 Å². The molecule has 27 heavy (non-hydrogen) atoms. The average molecular weight is 392 g/mol. The van der Waals surface area contributed by atoms with Gasteiger partial charge in [-0.05, 0) is 31.2 Å². The van der Waals surface area contributed by atoms with Gasteiger partial charge >= 0.3 is 0 Å². The quantitative estimate of drug-likeness (QED) is 0.815. The third-order valence-corrected chi connectivity index (χ3v) is 4.43. The average Bonchev–Trinajstić information content (AvgIpc) is 2.70. The first-order valence-electron chi connectivity index (χ1n) is 8.72. The van der Waals surface area contributed by atoms with Gasteiger partial charge in [-0.15, -0.1) is 0 Å². The molecule has 0 spiro atoms. The van der Waals surface area contributed by atoms with Crippen molar-refractivity contribution in [3.63, 3.8) is 0 Å². The number of hydrogen-bond donors (Lipinski definition) is 1. The normalized spacial score (nSPS) is 14.0. The molecule has 1 fully saturated rings. The maximum absolute atomic E-state index is 12.6. The molecule has 3 rings (SSSR count). The molecule has 1 N–H and O–H groups in total. The van der Waals surface area contributed by atoms with Crippen LogP contribution in [-0.2, 0) is 4.74 Å². The summed E-state index contributed by atoms with van der Waals surface area (Å²) in [5, 5.41) is 3.09. The molecule has 0 unspecified atom stereocenters. The Morgan fingerprint density at radius 3 is 2.74 bits per heavy atom. The fourth-order valence-corrected chi connectivity index (χ4v) is 3.06. The second-order valence-electron chi connectivity index (χ2n) is 5.88. The number of rotatable bonds is 6. The van der Waals surface area contributed by atoms with Crippen molar-refractivity contribution in [3.8, 4) is 11.5 Å². The lowest BCUT2D eigenvalue weighted by molar-refractivity contribution is 0.102. The standard InChI is InChI=1S/C19H22ClN3O4/c1-3-27-18-15(20)10-13(11-16(18)25-2)19(24)22-17-5-4-14(12-21-17)23-6-8-26-9-7-23/h4-5,10-12H,3,6-9H2,1-2H3,(H,21,22,24). The number of methoxy groups -OCH3 is 1. The molecule has 1 aliphatic rings. The van der Waals surface area contributed by atoms with E-state index in [4.69, 9.17) is 25.8 Å². The minimum atomic E-state index is -0.329. The number of carbonyl (C=O) groups excluding carboxylic acids is 1. The highest BCUT2D eigenvalue weighted by Gasteiger charge is 2.17. The van der Waals surface area contributed by atoms with E-state index in [1.165, 1.54) is 7.11 Å². The number of ether oxygens (including phenoxy) is 3. The number of carbonyl (C=O) groups is 1. The number of morpholine rings is 1. The summed E-state index contributed by atoms with van der Waals surface area (Å²) in [6, 6.07) is 6.84. The van der Waals surface area contributed by atoms with Gasteiger partial charge in [-0.1, -0.05) is 11.6 Å². The molecule has 0 radical (unpaired) electrons. The molecule has 0 bridgehead atoms. The van der Waals surface area contributed by atoms with E-state index in [0.29, 0.717) is 47.7 Å². The molecule has 0 saturated carbocycles. The predicted octanol–water partition coefficient (Wildman–Crippen LogP) is 3.23. The number of nitrogens with one attached hydrogen (secondary N) is 1. The summed E-state index contributed by atoms with van der Waals surface area (Å²) >= 11 is 6.23. The van der Waals surface area contributed by atoms with Gasteiger partial charge in [0.25, 0.3) is 5.91 Å². The fraction of sp³-hybridized carbons (Fsp3) is 0.368. The monoisotopic (exact) mass is 391 g/mol. The molecular formula is C19H22ClN3O4. The fourth-order valence-electron chi connectivity index (χ4n) is 2.79. The number of nitrogens with zero attached hydrogens (tertiary/aromatic N) is 2. The second kappa shape index (κ2) is 8.92. The molecule has 0 aliphatic carbocycles. The van der Waals surface area contributed by atoms with Crippen LogP contribution in [-0.4, -0.2) is 50.9 Å². The Morgan fingerprint density at radius 2 is 2.11 bits per heavy atom. The second-order valence-corrected chi connectivity index (χ2v) is 6.28. The zero-order valence-electron chi connectivity index (χ0n) is 15.3.